The van der Waals surface area contributed by atoms with Crippen molar-refractivity contribution in [2.24, 2.45) is 0 Å². The van der Waals surface area contributed by atoms with E-state index in [1.54, 1.807) is 10.7 Å². The quantitative estimate of drug-likeness (QED) is 0.888. The van der Waals surface area contributed by atoms with Gasteiger partial charge in [-0.05, 0) is 18.1 Å². The summed E-state index contributed by atoms with van der Waals surface area (Å²) < 4.78 is 1.65. The fourth-order valence-electron chi connectivity index (χ4n) is 2.49. The molecule has 0 saturated carbocycles. The van der Waals surface area contributed by atoms with Gasteiger partial charge in [-0.1, -0.05) is 24.3 Å². The maximum atomic E-state index is 12.5. The van der Waals surface area contributed by atoms with Crippen molar-refractivity contribution in [2.75, 3.05) is 5.73 Å². The predicted octanol–water partition coefficient (Wildman–Crippen LogP) is 1.64. The van der Waals surface area contributed by atoms with E-state index in [0.29, 0.717) is 31.1 Å². The number of carbonyl (C=O) groups excluding carboxylic acids is 1. The van der Waals surface area contributed by atoms with Crippen molar-refractivity contribution in [3.63, 3.8) is 0 Å². The van der Waals surface area contributed by atoms with Crippen LogP contribution < -0.4 is 5.73 Å². The number of hydrogen-bond donors (Lipinski definition) is 1. The third-order valence-electron chi connectivity index (χ3n) is 3.45. The molecule has 1 aliphatic rings. The van der Waals surface area contributed by atoms with E-state index in [9.17, 15) is 4.79 Å². The molecular weight excluding hydrogens is 240 g/mol. The molecule has 5 nitrogen and oxygen atoms in total. The number of rotatable bonds is 2. The molecule has 0 saturated heterocycles. The van der Waals surface area contributed by atoms with Crippen LogP contribution in [0.15, 0.2) is 30.3 Å². The van der Waals surface area contributed by atoms with Gasteiger partial charge in [-0.2, -0.15) is 5.10 Å². The molecule has 0 spiro atoms. The number of amides is 1. The molecule has 5 heteroatoms. The molecule has 0 radical (unpaired) electrons. The van der Waals surface area contributed by atoms with Crippen molar-refractivity contribution in [3.05, 3.63) is 47.2 Å². The third kappa shape index (κ3) is 1.97. The number of anilines is 1. The van der Waals surface area contributed by atoms with Gasteiger partial charge in [0, 0.05) is 25.7 Å². The Balaban J connectivity index is 1.87. The highest BCUT2D eigenvalue weighted by atomic mass is 16.2. The summed E-state index contributed by atoms with van der Waals surface area (Å²) in [6.07, 6.45) is 0. The molecule has 1 aromatic heterocycles. The normalized spacial score (nSPS) is 13.6. The van der Waals surface area contributed by atoms with Gasteiger partial charge in [0.15, 0.2) is 0 Å². The molecule has 0 aliphatic carbocycles. The summed E-state index contributed by atoms with van der Waals surface area (Å²) in [5.74, 6) is 0.379. The topological polar surface area (TPSA) is 64.2 Å². The number of fused-ring (bicyclic) bond motifs is 1. The molecule has 2 heterocycles. The van der Waals surface area contributed by atoms with E-state index in [-0.39, 0.29) is 5.91 Å². The Morgan fingerprint density at radius 2 is 1.95 bits per heavy atom. The lowest BCUT2D eigenvalue weighted by Crippen LogP contribution is -2.27. The van der Waals surface area contributed by atoms with Crippen molar-refractivity contribution >= 4 is 11.7 Å². The zero-order chi connectivity index (χ0) is 13.4. The summed E-state index contributed by atoms with van der Waals surface area (Å²) >= 11 is 0. The zero-order valence-electron chi connectivity index (χ0n) is 10.8. The molecule has 2 N–H and O–H groups in total. The van der Waals surface area contributed by atoms with Gasteiger partial charge in [0.2, 0.25) is 0 Å². The number of benzene rings is 1. The van der Waals surface area contributed by atoms with E-state index >= 15 is 0 Å². The maximum Gasteiger partial charge on any atom is 0.272 e. The van der Waals surface area contributed by atoms with E-state index in [1.807, 2.05) is 24.0 Å². The lowest BCUT2D eigenvalue weighted by molar-refractivity contribution is 0.0739. The highest BCUT2D eigenvalue weighted by molar-refractivity contribution is 5.93. The summed E-state index contributed by atoms with van der Waals surface area (Å²) in [5, 5.41) is 4.12. The second-order valence-electron chi connectivity index (χ2n) is 4.70. The SMILES string of the molecule is CCn1nc(N)cc1C(=O)N1Cc2ccccc2C1. The lowest BCUT2D eigenvalue weighted by Gasteiger charge is -2.15. The Hall–Kier alpha value is -2.30. The molecule has 2 aromatic rings. The van der Waals surface area contributed by atoms with Gasteiger partial charge in [-0.3, -0.25) is 9.48 Å². The molecule has 19 heavy (non-hydrogen) atoms. The first-order valence-corrected chi connectivity index (χ1v) is 6.38. The second-order valence-corrected chi connectivity index (χ2v) is 4.70. The van der Waals surface area contributed by atoms with Crippen LogP contribution >= 0.6 is 0 Å². The van der Waals surface area contributed by atoms with Crippen LogP contribution in [0.1, 0.15) is 28.5 Å². The standard InChI is InChI=1S/C14H16N4O/c1-2-18-12(7-13(15)16-18)14(19)17-8-10-5-3-4-6-11(10)9-17/h3-7H,2,8-9H2,1H3,(H2,15,16). The fraction of sp³-hybridized carbons (Fsp3) is 0.286. The second kappa shape index (κ2) is 4.42. The third-order valence-corrected chi connectivity index (χ3v) is 3.45. The van der Waals surface area contributed by atoms with Crippen LogP contribution in [-0.4, -0.2) is 20.6 Å². The molecule has 0 unspecified atom stereocenters. The van der Waals surface area contributed by atoms with Crippen LogP contribution in [0.5, 0.6) is 0 Å². The van der Waals surface area contributed by atoms with Crippen molar-refractivity contribution in [2.45, 2.75) is 26.6 Å². The predicted molar refractivity (Wildman–Crippen MR) is 72.3 cm³/mol. The molecule has 0 fully saturated rings. The average molecular weight is 256 g/mol. The van der Waals surface area contributed by atoms with Gasteiger partial charge in [-0.15, -0.1) is 0 Å². The zero-order valence-corrected chi connectivity index (χ0v) is 10.8. The van der Waals surface area contributed by atoms with E-state index in [4.69, 9.17) is 5.73 Å². The minimum Gasteiger partial charge on any atom is -0.382 e. The van der Waals surface area contributed by atoms with Crippen molar-refractivity contribution in [3.8, 4) is 0 Å². The number of hydrogen-bond acceptors (Lipinski definition) is 3. The number of nitrogens with two attached hydrogens (primary N) is 1. The largest absolute Gasteiger partial charge is 0.382 e. The summed E-state index contributed by atoms with van der Waals surface area (Å²) in [6, 6.07) is 9.78. The molecule has 1 aliphatic heterocycles. The first-order valence-electron chi connectivity index (χ1n) is 6.38. The van der Waals surface area contributed by atoms with Crippen LogP contribution in [0.25, 0.3) is 0 Å². The van der Waals surface area contributed by atoms with E-state index in [1.165, 1.54) is 11.1 Å². The van der Waals surface area contributed by atoms with Crippen LogP contribution in [-0.2, 0) is 19.6 Å². The number of nitrogen functional groups attached to an aromatic ring is 1. The Bertz CT molecular complexity index is 607. The molecular formula is C14H16N4O. The fourth-order valence-corrected chi connectivity index (χ4v) is 2.49. The maximum absolute atomic E-state index is 12.5. The Kier molecular flexibility index (Phi) is 2.74. The van der Waals surface area contributed by atoms with Gasteiger partial charge >= 0.3 is 0 Å². The smallest absolute Gasteiger partial charge is 0.272 e. The van der Waals surface area contributed by atoms with Gasteiger partial charge in [0.25, 0.3) is 5.91 Å². The minimum absolute atomic E-state index is 0.0118. The van der Waals surface area contributed by atoms with Crippen molar-refractivity contribution in [1.29, 1.82) is 0 Å². The van der Waals surface area contributed by atoms with Crippen LogP contribution in [0.2, 0.25) is 0 Å². The Labute approximate surface area is 111 Å². The van der Waals surface area contributed by atoms with Crippen LogP contribution in [0, 0.1) is 0 Å². The Morgan fingerprint density at radius 3 is 2.53 bits per heavy atom. The highest BCUT2D eigenvalue weighted by Gasteiger charge is 2.26. The van der Waals surface area contributed by atoms with Gasteiger partial charge in [0.05, 0.1) is 0 Å². The molecule has 98 valence electrons. The Morgan fingerprint density at radius 1 is 1.32 bits per heavy atom. The highest BCUT2D eigenvalue weighted by Crippen LogP contribution is 2.24. The van der Waals surface area contributed by atoms with Gasteiger partial charge < -0.3 is 10.6 Å². The molecule has 1 amide bonds. The molecule has 0 bridgehead atoms. The molecule has 0 atom stereocenters. The van der Waals surface area contributed by atoms with E-state index in [0.717, 1.165) is 0 Å². The number of aromatic nitrogens is 2. The number of carbonyl (C=O) groups is 1. The van der Waals surface area contributed by atoms with Crippen molar-refractivity contribution < 1.29 is 4.79 Å². The monoisotopic (exact) mass is 256 g/mol. The van der Waals surface area contributed by atoms with Gasteiger partial charge in [-0.25, -0.2) is 0 Å². The first-order chi connectivity index (χ1) is 9.19. The lowest BCUT2D eigenvalue weighted by atomic mass is 10.1. The van der Waals surface area contributed by atoms with E-state index < -0.39 is 0 Å². The average Bonchev–Trinajstić information content (AvgIpc) is 3.00. The summed E-state index contributed by atoms with van der Waals surface area (Å²) in [5.41, 5.74) is 8.66. The van der Waals surface area contributed by atoms with Crippen LogP contribution in [0.4, 0.5) is 5.82 Å². The van der Waals surface area contributed by atoms with E-state index in [2.05, 4.69) is 17.2 Å². The summed E-state index contributed by atoms with van der Waals surface area (Å²) in [6.45, 7) is 3.90. The minimum atomic E-state index is -0.0118. The van der Waals surface area contributed by atoms with Crippen LogP contribution in [0.3, 0.4) is 0 Å². The molecule has 3 rings (SSSR count). The number of nitrogens with zero attached hydrogens (tertiary/aromatic N) is 3. The van der Waals surface area contributed by atoms with Gasteiger partial charge in [0.1, 0.15) is 11.5 Å². The molecule has 1 aromatic carbocycles. The first kappa shape index (κ1) is 11.8. The summed E-state index contributed by atoms with van der Waals surface area (Å²) in [4.78, 5) is 14.3. The summed E-state index contributed by atoms with van der Waals surface area (Å²) in [7, 11) is 0. The number of aryl methyl sites for hydroxylation is 1. The van der Waals surface area contributed by atoms with Crippen molar-refractivity contribution in [1.82, 2.24) is 14.7 Å².